The highest BCUT2D eigenvalue weighted by atomic mass is 32.1. The van der Waals surface area contributed by atoms with Crippen molar-refractivity contribution in [1.29, 1.82) is 0 Å². The van der Waals surface area contributed by atoms with E-state index in [1.165, 1.54) is 6.07 Å². The van der Waals surface area contributed by atoms with Gasteiger partial charge in [-0.1, -0.05) is 24.3 Å². The van der Waals surface area contributed by atoms with Crippen LogP contribution in [0.25, 0.3) is 10.6 Å². The van der Waals surface area contributed by atoms with E-state index in [1.54, 1.807) is 35.6 Å². The van der Waals surface area contributed by atoms with Crippen LogP contribution in [0.1, 0.15) is 5.56 Å². The van der Waals surface area contributed by atoms with Crippen molar-refractivity contribution in [3.63, 3.8) is 0 Å². The standard InChI is InChI=1S/C18H16FN3O2S/c19-14-5-2-1-4-13(14)12-17(23)20-9-10-24-18-8-7-15(21-22-18)16-6-3-11-25-16/h1-8,11H,9-10,12H2,(H,20,23). The normalized spacial score (nSPS) is 10.4. The number of nitrogens with zero attached hydrogens (tertiary/aromatic N) is 2. The molecule has 1 N–H and O–H groups in total. The number of hydrogen-bond donors (Lipinski definition) is 1. The fraction of sp³-hybridized carbons (Fsp3) is 0.167. The fourth-order valence-electron chi connectivity index (χ4n) is 2.18. The smallest absolute Gasteiger partial charge is 0.233 e. The first-order valence-corrected chi connectivity index (χ1v) is 8.61. The van der Waals surface area contributed by atoms with E-state index in [-0.39, 0.29) is 24.8 Å². The molecule has 0 spiro atoms. The first kappa shape index (κ1) is 17.0. The van der Waals surface area contributed by atoms with Crippen molar-refractivity contribution in [3.05, 3.63) is 65.3 Å². The highest BCUT2D eigenvalue weighted by Crippen LogP contribution is 2.22. The average Bonchev–Trinajstić information content (AvgIpc) is 3.16. The van der Waals surface area contributed by atoms with Gasteiger partial charge in [-0.2, -0.15) is 0 Å². The average molecular weight is 357 g/mol. The van der Waals surface area contributed by atoms with Crippen LogP contribution in [0.3, 0.4) is 0 Å². The molecule has 0 saturated heterocycles. The van der Waals surface area contributed by atoms with Gasteiger partial charge in [0.25, 0.3) is 0 Å². The van der Waals surface area contributed by atoms with Gasteiger partial charge in [0.05, 0.1) is 17.8 Å². The molecule has 25 heavy (non-hydrogen) atoms. The van der Waals surface area contributed by atoms with E-state index in [2.05, 4.69) is 15.5 Å². The summed E-state index contributed by atoms with van der Waals surface area (Å²) in [6, 6.07) is 13.7. The number of amides is 1. The van der Waals surface area contributed by atoms with Gasteiger partial charge in [0, 0.05) is 6.07 Å². The number of thiophene rings is 1. The monoisotopic (exact) mass is 357 g/mol. The predicted molar refractivity (Wildman–Crippen MR) is 94.0 cm³/mol. The zero-order valence-electron chi connectivity index (χ0n) is 13.3. The Morgan fingerprint density at radius 2 is 2.00 bits per heavy atom. The van der Waals surface area contributed by atoms with Gasteiger partial charge in [0.15, 0.2) is 0 Å². The molecule has 1 amide bonds. The maximum atomic E-state index is 13.5. The number of rotatable bonds is 7. The second-order valence-corrected chi connectivity index (χ2v) is 6.15. The largest absolute Gasteiger partial charge is 0.475 e. The summed E-state index contributed by atoms with van der Waals surface area (Å²) in [4.78, 5) is 12.8. The summed E-state index contributed by atoms with van der Waals surface area (Å²) in [5, 5.41) is 12.8. The molecule has 0 radical (unpaired) electrons. The second kappa shape index (κ2) is 8.34. The van der Waals surface area contributed by atoms with Crippen molar-refractivity contribution in [2.24, 2.45) is 0 Å². The van der Waals surface area contributed by atoms with E-state index in [1.807, 2.05) is 23.6 Å². The molecule has 0 unspecified atom stereocenters. The van der Waals surface area contributed by atoms with Crippen molar-refractivity contribution in [2.75, 3.05) is 13.2 Å². The highest BCUT2D eigenvalue weighted by Gasteiger charge is 2.07. The molecular weight excluding hydrogens is 341 g/mol. The summed E-state index contributed by atoms with van der Waals surface area (Å²) >= 11 is 1.59. The molecule has 7 heteroatoms. The molecule has 2 heterocycles. The molecule has 0 aliphatic carbocycles. The van der Waals surface area contributed by atoms with E-state index < -0.39 is 0 Å². The van der Waals surface area contributed by atoms with E-state index >= 15 is 0 Å². The molecule has 1 aromatic carbocycles. The lowest BCUT2D eigenvalue weighted by molar-refractivity contribution is -0.120. The van der Waals surface area contributed by atoms with Crippen molar-refractivity contribution < 1.29 is 13.9 Å². The molecule has 0 fully saturated rings. The minimum atomic E-state index is -0.380. The van der Waals surface area contributed by atoms with Crippen LogP contribution in [0, 0.1) is 5.82 Å². The Morgan fingerprint density at radius 1 is 1.12 bits per heavy atom. The number of carbonyl (C=O) groups excluding carboxylic acids is 1. The molecule has 0 aliphatic heterocycles. The quantitative estimate of drug-likeness (QED) is 0.660. The van der Waals surface area contributed by atoms with Gasteiger partial charge in [0.2, 0.25) is 11.8 Å². The molecule has 128 valence electrons. The SMILES string of the molecule is O=C(Cc1ccccc1F)NCCOc1ccc(-c2cccs2)nn1. The van der Waals surface area contributed by atoms with Crippen LogP contribution in [0.15, 0.2) is 53.9 Å². The lowest BCUT2D eigenvalue weighted by atomic mass is 10.1. The van der Waals surface area contributed by atoms with Crippen LogP contribution in [-0.4, -0.2) is 29.3 Å². The van der Waals surface area contributed by atoms with Gasteiger partial charge in [-0.25, -0.2) is 4.39 Å². The number of carbonyl (C=O) groups is 1. The lowest BCUT2D eigenvalue weighted by Gasteiger charge is -2.07. The van der Waals surface area contributed by atoms with Gasteiger partial charge in [-0.15, -0.1) is 21.5 Å². The van der Waals surface area contributed by atoms with Crippen molar-refractivity contribution in [3.8, 4) is 16.5 Å². The molecule has 2 aromatic heterocycles. The number of benzene rings is 1. The summed E-state index contributed by atoms with van der Waals surface area (Å²) in [7, 11) is 0. The summed E-state index contributed by atoms with van der Waals surface area (Å²) in [5.74, 6) is -0.244. The van der Waals surface area contributed by atoms with E-state index in [9.17, 15) is 9.18 Å². The Kier molecular flexibility index (Phi) is 5.69. The van der Waals surface area contributed by atoms with Gasteiger partial charge in [-0.3, -0.25) is 4.79 Å². The van der Waals surface area contributed by atoms with Gasteiger partial charge in [-0.05, 0) is 29.1 Å². The third-order valence-corrected chi connectivity index (χ3v) is 4.29. The molecule has 0 bridgehead atoms. The highest BCUT2D eigenvalue weighted by molar-refractivity contribution is 7.13. The van der Waals surface area contributed by atoms with Gasteiger partial charge in [0.1, 0.15) is 18.1 Å². The van der Waals surface area contributed by atoms with E-state index in [4.69, 9.17) is 4.74 Å². The molecule has 5 nitrogen and oxygen atoms in total. The van der Waals surface area contributed by atoms with E-state index in [0.29, 0.717) is 18.0 Å². The van der Waals surface area contributed by atoms with Gasteiger partial charge >= 0.3 is 0 Å². The third-order valence-electron chi connectivity index (χ3n) is 3.40. The van der Waals surface area contributed by atoms with Crippen LogP contribution < -0.4 is 10.1 Å². The zero-order valence-corrected chi connectivity index (χ0v) is 14.1. The van der Waals surface area contributed by atoms with Crippen molar-refractivity contribution >= 4 is 17.2 Å². The molecule has 0 saturated carbocycles. The number of halogens is 1. The number of nitrogens with one attached hydrogen (secondary N) is 1. The Labute approximate surface area is 148 Å². The number of hydrogen-bond acceptors (Lipinski definition) is 5. The maximum absolute atomic E-state index is 13.5. The Hall–Kier alpha value is -2.80. The van der Waals surface area contributed by atoms with Crippen LogP contribution in [0.5, 0.6) is 5.88 Å². The number of aromatic nitrogens is 2. The van der Waals surface area contributed by atoms with Crippen LogP contribution >= 0.6 is 11.3 Å². The molecule has 0 atom stereocenters. The fourth-order valence-corrected chi connectivity index (χ4v) is 2.87. The third kappa shape index (κ3) is 4.84. The summed E-state index contributed by atoms with van der Waals surface area (Å²) in [6.45, 7) is 0.567. The maximum Gasteiger partial charge on any atom is 0.233 e. The Bertz CT molecular complexity index is 823. The Balaban J connectivity index is 1.41. The number of ether oxygens (including phenoxy) is 1. The topological polar surface area (TPSA) is 64.1 Å². The minimum Gasteiger partial charge on any atom is -0.475 e. The van der Waals surface area contributed by atoms with Crippen LogP contribution in [0.4, 0.5) is 4.39 Å². The van der Waals surface area contributed by atoms with Gasteiger partial charge < -0.3 is 10.1 Å². The second-order valence-electron chi connectivity index (χ2n) is 5.20. The minimum absolute atomic E-state index is 0.00197. The zero-order chi connectivity index (χ0) is 17.5. The van der Waals surface area contributed by atoms with E-state index in [0.717, 1.165) is 10.6 Å². The van der Waals surface area contributed by atoms with Crippen molar-refractivity contribution in [1.82, 2.24) is 15.5 Å². The van der Waals surface area contributed by atoms with Crippen LogP contribution in [0.2, 0.25) is 0 Å². The first-order chi connectivity index (χ1) is 12.2. The molecular formula is C18H16FN3O2S. The molecule has 3 rings (SSSR count). The molecule has 0 aliphatic rings. The summed E-state index contributed by atoms with van der Waals surface area (Å²) in [6.07, 6.45) is 0.00197. The summed E-state index contributed by atoms with van der Waals surface area (Å²) < 4.78 is 18.9. The van der Waals surface area contributed by atoms with Crippen molar-refractivity contribution in [2.45, 2.75) is 6.42 Å². The Morgan fingerprint density at radius 3 is 2.72 bits per heavy atom. The predicted octanol–water partition coefficient (Wildman–Crippen LogP) is 3.08. The van der Waals surface area contributed by atoms with Crippen LogP contribution in [-0.2, 0) is 11.2 Å². The molecule has 3 aromatic rings. The lowest BCUT2D eigenvalue weighted by Crippen LogP contribution is -2.29. The first-order valence-electron chi connectivity index (χ1n) is 7.73. The summed E-state index contributed by atoms with van der Waals surface area (Å²) in [5.41, 5.74) is 1.16.